The van der Waals surface area contributed by atoms with Gasteiger partial charge in [0.05, 0.1) is 32.4 Å². The van der Waals surface area contributed by atoms with Gasteiger partial charge in [-0.05, 0) is 67.3 Å². The van der Waals surface area contributed by atoms with E-state index in [4.69, 9.17) is 24.1 Å². The van der Waals surface area contributed by atoms with E-state index in [-0.39, 0.29) is 49.8 Å². The minimum Gasteiger partial charge on any atom is -0.493 e. The maximum Gasteiger partial charge on any atom is 0.290 e. The summed E-state index contributed by atoms with van der Waals surface area (Å²) in [5, 5.41) is 9.98. The monoisotopic (exact) mass is 618 g/mol. The van der Waals surface area contributed by atoms with Gasteiger partial charge in [-0.25, -0.2) is 0 Å². The van der Waals surface area contributed by atoms with Crippen LogP contribution in [0.2, 0.25) is 0 Å². The van der Waals surface area contributed by atoms with E-state index in [0.29, 0.717) is 55.3 Å². The summed E-state index contributed by atoms with van der Waals surface area (Å²) < 4.78 is 18.1. The number of nitrogens with zero attached hydrogens (tertiary/aromatic N) is 3. The van der Waals surface area contributed by atoms with Crippen molar-refractivity contribution in [3.63, 3.8) is 0 Å². The summed E-state index contributed by atoms with van der Waals surface area (Å²) in [7, 11) is 1.58. The van der Waals surface area contributed by atoms with E-state index in [1.165, 1.54) is 0 Å². The number of amides is 3. The average Bonchev–Trinajstić information content (AvgIpc) is 3.06. The number of rotatable bonds is 3. The zero-order chi connectivity index (χ0) is 32.2. The first-order valence-electron chi connectivity index (χ1n) is 14.7. The molecule has 0 radical (unpaired) electrons. The second-order valence-corrected chi connectivity index (χ2v) is 10.5. The smallest absolute Gasteiger partial charge is 0.290 e. The lowest BCUT2D eigenvalue weighted by molar-refractivity contribution is -0.136. The summed E-state index contributed by atoms with van der Waals surface area (Å²) in [6.07, 6.45) is 4.00. The number of aryl methyl sites for hydroxylation is 1. The van der Waals surface area contributed by atoms with Crippen molar-refractivity contribution >= 4 is 24.2 Å². The molecular weight excluding hydrogens is 580 g/mol. The molecule has 1 saturated heterocycles. The molecule has 12 nitrogen and oxygen atoms in total. The van der Waals surface area contributed by atoms with Gasteiger partial charge in [-0.15, -0.1) is 0 Å². The molecule has 12 heteroatoms. The summed E-state index contributed by atoms with van der Waals surface area (Å²) in [5.41, 5.74) is 2.36. The van der Waals surface area contributed by atoms with Crippen LogP contribution < -0.4 is 14.8 Å². The molecule has 238 valence electrons. The molecule has 4 bridgehead atoms. The van der Waals surface area contributed by atoms with Gasteiger partial charge >= 0.3 is 0 Å². The summed E-state index contributed by atoms with van der Waals surface area (Å²) in [6, 6.07) is 16.3. The lowest BCUT2D eigenvalue weighted by Gasteiger charge is -2.39. The highest BCUT2D eigenvalue weighted by Crippen LogP contribution is 2.33. The minimum atomic E-state index is -0.459. The topological polar surface area (TPSA) is 148 Å². The third-order valence-corrected chi connectivity index (χ3v) is 7.63. The lowest BCUT2D eigenvalue weighted by atomic mass is 10.0. The number of likely N-dealkylation sites (N-methyl/N-ethyl adjacent to an activating group) is 1. The molecule has 1 fully saturated rings. The summed E-state index contributed by atoms with van der Waals surface area (Å²) in [5.74, 6) is 1.28. The predicted octanol–water partition coefficient (Wildman–Crippen LogP) is 3.29. The van der Waals surface area contributed by atoms with Crippen LogP contribution in [0.15, 0.2) is 67.0 Å². The molecular formula is C33H38N4O8. The number of piperidine rings is 1. The maximum atomic E-state index is 13.2. The number of hydrogen-bond acceptors (Lipinski definition) is 8. The maximum absolute atomic E-state index is 13.2. The predicted molar refractivity (Wildman–Crippen MR) is 164 cm³/mol. The van der Waals surface area contributed by atoms with Crippen molar-refractivity contribution in [2.24, 2.45) is 0 Å². The largest absolute Gasteiger partial charge is 0.493 e. The second-order valence-electron chi connectivity index (χ2n) is 10.5. The van der Waals surface area contributed by atoms with Gasteiger partial charge in [-0.1, -0.05) is 18.2 Å². The van der Waals surface area contributed by atoms with Crippen LogP contribution in [0.1, 0.15) is 41.3 Å². The highest BCUT2D eigenvalue weighted by molar-refractivity contribution is 5.94. The van der Waals surface area contributed by atoms with Gasteiger partial charge in [0, 0.05) is 44.0 Å². The molecule has 5 rings (SSSR count). The standard InChI is InChI=1S/C32H36N4O6.CH2O2/c1-3-35-20-30(37)34-26-13-16-36(32(39)24-11-14-33-15-12-24)19-29(26)41-21-23-5-4-6-25(17-23)42-28-18-22(8-10-31(35)38)7-9-27(28)40-2;2-1-3/h4-7,9,11-12,14-15,17-18,26,29H,3,8,10,13,16,19-21H2,1-2H3,(H,34,37);1H,(H,2,3)/t26-,29-;/m0./s1. The Hall–Kier alpha value is -4.97. The van der Waals surface area contributed by atoms with Crippen LogP contribution in [0.25, 0.3) is 0 Å². The highest BCUT2D eigenvalue weighted by atomic mass is 16.5. The van der Waals surface area contributed by atoms with E-state index in [1.54, 1.807) is 41.4 Å². The Morgan fingerprint density at radius 3 is 2.62 bits per heavy atom. The van der Waals surface area contributed by atoms with Crippen molar-refractivity contribution in [3.05, 3.63) is 83.7 Å². The Balaban J connectivity index is 0.00000148. The number of fused-ring (bicyclic) bond motifs is 5. The fourth-order valence-electron chi connectivity index (χ4n) is 5.31. The molecule has 2 aliphatic rings. The molecule has 0 unspecified atom stereocenters. The van der Waals surface area contributed by atoms with Gasteiger partial charge in [0.2, 0.25) is 11.8 Å². The molecule has 2 aliphatic heterocycles. The van der Waals surface area contributed by atoms with Gasteiger partial charge in [0.25, 0.3) is 12.4 Å². The van der Waals surface area contributed by atoms with E-state index < -0.39 is 6.10 Å². The van der Waals surface area contributed by atoms with E-state index in [1.807, 2.05) is 49.4 Å². The molecule has 3 amide bonds. The fourth-order valence-corrected chi connectivity index (χ4v) is 5.31. The van der Waals surface area contributed by atoms with Crippen LogP contribution in [0.3, 0.4) is 0 Å². The Bertz CT molecular complexity index is 1470. The molecule has 2 N–H and O–H groups in total. The van der Waals surface area contributed by atoms with Gasteiger partial charge < -0.3 is 34.4 Å². The van der Waals surface area contributed by atoms with Crippen molar-refractivity contribution in [3.8, 4) is 17.2 Å². The molecule has 1 aromatic heterocycles. The SMILES string of the molecule is CCN1CC(=O)N[C@H]2CCN(C(=O)c3ccncc3)C[C@@H]2OCc2cccc(c2)Oc2cc(ccc2OC)CCC1=O.O=CO. The molecule has 3 heterocycles. The first-order valence-corrected chi connectivity index (χ1v) is 14.7. The van der Waals surface area contributed by atoms with Crippen molar-refractivity contribution in [1.29, 1.82) is 0 Å². The van der Waals surface area contributed by atoms with E-state index >= 15 is 0 Å². The Labute approximate surface area is 261 Å². The van der Waals surface area contributed by atoms with Crippen LogP contribution in [0.5, 0.6) is 17.2 Å². The molecule has 0 aliphatic carbocycles. The normalized spacial score (nSPS) is 18.9. The highest BCUT2D eigenvalue weighted by Gasteiger charge is 2.34. The summed E-state index contributed by atoms with van der Waals surface area (Å²) >= 11 is 0. The number of carbonyl (C=O) groups excluding carboxylic acids is 3. The number of carboxylic acid groups (broad SMARTS) is 1. The zero-order valence-corrected chi connectivity index (χ0v) is 25.4. The molecule has 2 aromatic carbocycles. The van der Waals surface area contributed by atoms with Gasteiger partial charge in [0.1, 0.15) is 5.75 Å². The number of methoxy groups -OCH3 is 1. The Morgan fingerprint density at radius 1 is 1.11 bits per heavy atom. The number of likely N-dealkylation sites (tertiary alicyclic amines) is 1. The first-order chi connectivity index (χ1) is 21.8. The number of hydrogen-bond donors (Lipinski definition) is 2. The van der Waals surface area contributed by atoms with Crippen LogP contribution >= 0.6 is 0 Å². The lowest BCUT2D eigenvalue weighted by Crippen LogP contribution is -2.57. The third kappa shape index (κ3) is 9.02. The van der Waals surface area contributed by atoms with Crippen molar-refractivity contribution in [2.75, 3.05) is 33.3 Å². The van der Waals surface area contributed by atoms with E-state index in [9.17, 15) is 14.4 Å². The number of carbonyl (C=O) groups is 4. The third-order valence-electron chi connectivity index (χ3n) is 7.63. The number of ether oxygens (including phenoxy) is 3. The van der Waals surface area contributed by atoms with Crippen molar-refractivity contribution in [1.82, 2.24) is 20.1 Å². The molecule has 3 aromatic rings. The van der Waals surface area contributed by atoms with Crippen LogP contribution in [-0.4, -0.2) is 89.5 Å². The van der Waals surface area contributed by atoms with Gasteiger partial charge in [0.15, 0.2) is 11.5 Å². The summed E-state index contributed by atoms with van der Waals surface area (Å²) in [6.45, 7) is 3.00. The summed E-state index contributed by atoms with van der Waals surface area (Å²) in [4.78, 5) is 55.1. The Kier molecular flexibility index (Phi) is 11.9. The molecule has 0 spiro atoms. The van der Waals surface area contributed by atoms with E-state index in [2.05, 4.69) is 10.3 Å². The fraction of sp³-hybridized carbons (Fsp3) is 0.364. The number of benzene rings is 2. The van der Waals surface area contributed by atoms with Crippen LogP contribution in [0.4, 0.5) is 0 Å². The number of aromatic nitrogens is 1. The average molecular weight is 619 g/mol. The molecule has 0 saturated carbocycles. The zero-order valence-electron chi connectivity index (χ0n) is 25.4. The van der Waals surface area contributed by atoms with Crippen molar-refractivity contribution in [2.45, 2.75) is 44.9 Å². The van der Waals surface area contributed by atoms with Gasteiger partial charge in [-0.3, -0.25) is 24.2 Å². The number of nitrogens with one attached hydrogen (secondary N) is 1. The molecule has 2 atom stereocenters. The first kappa shape index (κ1) is 32.9. The minimum absolute atomic E-state index is 0.0444. The van der Waals surface area contributed by atoms with Gasteiger partial charge in [-0.2, -0.15) is 0 Å². The second kappa shape index (κ2) is 16.2. The molecule has 45 heavy (non-hydrogen) atoms. The van der Waals surface area contributed by atoms with Crippen LogP contribution in [-0.2, 0) is 32.1 Å². The Morgan fingerprint density at radius 2 is 1.89 bits per heavy atom. The van der Waals surface area contributed by atoms with Crippen LogP contribution in [0, 0.1) is 0 Å². The quantitative estimate of drug-likeness (QED) is 0.422. The van der Waals surface area contributed by atoms with Crippen molar-refractivity contribution < 1.29 is 38.5 Å². The van der Waals surface area contributed by atoms with E-state index in [0.717, 1.165) is 11.1 Å². The number of pyridine rings is 1.